The first-order valence-corrected chi connectivity index (χ1v) is 7.07. The van der Waals surface area contributed by atoms with Gasteiger partial charge in [0.2, 0.25) is 0 Å². The summed E-state index contributed by atoms with van der Waals surface area (Å²) in [6, 6.07) is 5.23. The molecule has 4 nitrogen and oxygen atoms in total. The summed E-state index contributed by atoms with van der Waals surface area (Å²) in [6.45, 7) is 0.644. The van der Waals surface area contributed by atoms with Gasteiger partial charge in [-0.25, -0.2) is 14.1 Å². The van der Waals surface area contributed by atoms with Gasteiger partial charge in [-0.2, -0.15) is 0 Å². The van der Waals surface area contributed by atoms with Gasteiger partial charge in [-0.1, -0.05) is 18.6 Å². The van der Waals surface area contributed by atoms with Gasteiger partial charge in [0.1, 0.15) is 11.9 Å². The van der Waals surface area contributed by atoms with Crippen molar-refractivity contribution in [1.82, 2.24) is 4.90 Å². The highest BCUT2D eigenvalue weighted by Crippen LogP contribution is 2.46. The normalized spacial score (nSPS) is 31.9. The van der Waals surface area contributed by atoms with Crippen LogP contribution in [-0.2, 0) is 4.79 Å². The molecule has 2 saturated heterocycles. The van der Waals surface area contributed by atoms with Gasteiger partial charge in [0.15, 0.2) is 0 Å². The number of imide groups is 1. The quantitative estimate of drug-likeness (QED) is 0.738. The Morgan fingerprint density at radius 2 is 1.95 bits per heavy atom. The highest BCUT2D eigenvalue weighted by molar-refractivity contribution is 6.21. The molecule has 3 aliphatic rings. The lowest BCUT2D eigenvalue weighted by atomic mass is 9.93. The summed E-state index contributed by atoms with van der Waals surface area (Å²) >= 11 is 0. The molecule has 3 atom stereocenters. The van der Waals surface area contributed by atoms with E-state index in [1.165, 1.54) is 12.1 Å². The first-order chi connectivity index (χ1) is 9.68. The minimum atomic E-state index is -0.529. The smallest absolute Gasteiger partial charge is 0.311 e. The molecule has 104 valence electrons. The van der Waals surface area contributed by atoms with E-state index in [1.807, 2.05) is 0 Å². The van der Waals surface area contributed by atoms with Crippen molar-refractivity contribution in [2.24, 2.45) is 11.8 Å². The minimum absolute atomic E-state index is 0.0754. The lowest BCUT2D eigenvalue weighted by Gasteiger charge is -2.18. The Bertz CT molecular complexity index is 603. The van der Waals surface area contributed by atoms with E-state index in [0.717, 1.165) is 24.2 Å². The summed E-state index contributed by atoms with van der Waals surface area (Å²) in [5, 5.41) is 0. The molecule has 2 aliphatic heterocycles. The highest BCUT2D eigenvalue weighted by atomic mass is 19.1. The van der Waals surface area contributed by atoms with Crippen LogP contribution in [0.1, 0.15) is 19.3 Å². The fourth-order valence-corrected chi connectivity index (χ4v) is 4.03. The Morgan fingerprint density at radius 3 is 2.75 bits per heavy atom. The van der Waals surface area contributed by atoms with Crippen LogP contribution in [0.5, 0.6) is 0 Å². The number of nitrogens with zero attached hydrogens (tertiary/aromatic N) is 2. The monoisotopic (exact) mass is 274 g/mol. The van der Waals surface area contributed by atoms with Gasteiger partial charge in [0, 0.05) is 6.54 Å². The number of anilines is 1. The summed E-state index contributed by atoms with van der Waals surface area (Å²) in [6.07, 6.45) is 3.22. The van der Waals surface area contributed by atoms with Crippen molar-refractivity contribution < 1.29 is 14.0 Å². The summed E-state index contributed by atoms with van der Waals surface area (Å²) in [5.41, 5.74) is 0.0754. The van der Waals surface area contributed by atoms with E-state index < -0.39 is 5.82 Å². The van der Waals surface area contributed by atoms with Gasteiger partial charge in [-0.15, -0.1) is 0 Å². The van der Waals surface area contributed by atoms with E-state index in [9.17, 15) is 14.0 Å². The molecule has 20 heavy (non-hydrogen) atoms. The zero-order valence-electron chi connectivity index (χ0n) is 11.0. The maximum Gasteiger partial charge on any atom is 0.332 e. The Morgan fingerprint density at radius 1 is 1.15 bits per heavy atom. The van der Waals surface area contributed by atoms with Gasteiger partial charge in [0.05, 0.1) is 5.69 Å². The number of halogens is 1. The molecule has 1 aromatic rings. The number of fused-ring (bicyclic) bond motifs is 3. The standard InChI is InChI=1S/C15H15FN2O2/c16-11-6-1-2-7-12(11)18-14(19)13-10-5-3-4-9(10)8-17(13)15(18)20/h1-2,6-7,9-10,13H,3-5,8H2. The number of para-hydroxylation sites is 1. The second-order valence-corrected chi connectivity index (χ2v) is 5.86. The van der Waals surface area contributed by atoms with Gasteiger partial charge < -0.3 is 4.90 Å². The summed E-state index contributed by atoms with van der Waals surface area (Å²) in [5.74, 6) is -0.0632. The first-order valence-electron chi connectivity index (χ1n) is 7.07. The number of benzene rings is 1. The molecule has 0 spiro atoms. The van der Waals surface area contributed by atoms with E-state index in [2.05, 4.69) is 0 Å². The largest absolute Gasteiger partial charge is 0.332 e. The van der Waals surface area contributed by atoms with E-state index in [4.69, 9.17) is 0 Å². The van der Waals surface area contributed by atoms with Crippen molar-refractivity contribution in [3.63, 3.8) is 0 Å². The van der Waals surface area contributed by atoms with Crippen molar-refractivity contribution in [3.8, 4) is 0 Å². The second kappa shape index (κ2) is 4.04. The fraction of sp³-hybridized carbons (Fsp3) is 0.467. The maximum absolute atomic E-state index is 13.9. The van der Waals surface area contributed by atoms with Crippen LogP contribution in [0, 0.1) is 17.7 Å². The molecule has 1 aromatic carbocycles. The third-order valence-electron chi connectivity index (χ3n) is 4.89. The van der Waals surface area contributed by atoms with Gasteiger partial charge in [-0.05, 0) is 36.8 Å². The van der Waals surface area contributed by atoms with Crippen LogP contribution in [0.4, 0.5) is 14.9 Å². The van der Waals surface area contributed by atoms with E-state index in [-0.39, 0.29) is 29.6 Å². The number of hydrogen-bond donors (Lipinski definition) is 0. The molecular weight excluding hydrogens is 259 g/mol. The highest BCUT2D eigenvalue weighted by Gasteiger charge is 2.57. The van der Waals surface area contributed by atoms with Gasteiger partial charge >= 0.3 is 6.03 Å². The van der Waals surface area contributed by atoms with E-state index in [1.54, 1.807) is 17.0 Å². The fourth-order valence-electron chi connectivity index (χ4n) is 4.03. The van der Waals surface area contributed by atoms with Crippen molar-refractivity contribution in [2.45, 2.75) is 25.3 Å². The van der Waals surface area contributed by atoms with Crippen LogP contribution in [0.15, 0.2) is 24.3 Å². The van der Waals surface area contributed by atoms with Crippen molar-refractivity contribution in [2.75, 3.05) is 11.4 Å². The van der Waals surface area contributed by atoms with Crippen molar-refractivity contribution in [3.05, 3.63) is 30.1 Å². The third-order valence-corrected chi connectivity index (χ3v) is 4.89. The molecule has 0 radical (unpaired) electrons. The molecule has 3 unspecified atom stereocenters. The SMILES string of the molecule is O=C1C2C3CCCC3CN2C(=O)N1c1ccccc1F. The molecule has 0 N–H and O–H groups in total. The summed E-state index contributed by atoms with van der Waals surface area (Å²) in [7, 11) is 0. The molecule has 0 aromatic heterocycles. The van der Waals surface area contributed by atoms with Crippen LogP contribution in [0.3, 0.4) is 0 Å². The van der Waals surface area contributed by atoms with Crippen LogP contribution in [-0.4, -0.2) is 29.4 Å². The number of urea groups is 1. The molecule has 2 heterocycles. The van der Waals surface area contributed by atoms with Crippen LogP contribution >= 0.6 is 0 Å². The topological polar surface area (TPSA) is 40.6 Å². The molecule has 3 fully saturated rings. The maximum atomic E-state index is 13.9. The minimum Gasteiger partial charge on any atom is -0.311 e. The number of amides is 3. The van der Waals surface area contributed by atoms with Crippen LogP contribution < -0.4 is 4.90 Å². The predicted molar refractivity (Wildman–Crippen MR) is 70.6 cm³/mol. The second-order valence-electron chi connectivity index (χ2n) is 5.86. The van der Waals surface area contributed by atoms with E-state index in [0.29, 0.717) is 12.5 Å². The Kier molecular flexibility index (Phi) is 2.40. The van der Waals surface area contributed by atoms with E-state index >= 15 is 0 Å². The number of rotatable bonds is 1. The van der Waals surface area contributed by atoms with Crippen LogP contribution in [0.2, 0.25) is 0 Å². The molecule has 3 amide bonds. The predicted octanol–water partition coefficient (Wildman–Crippen LogP) is 2.39. The average Bonchev–Trinajstić information content (AvgIpc) is 3.05. The number of carbonyl (C=O) groups excluding carboxylic acids is 2. The summed E-state index contributed by atoms with van der Waals surface area (Å²) in [4.78, 5) is 27.7. The van der Waals surface area contributed by atoms with Crippen molar-refractivity contribution in [1.29, 1.82) is 0 Å². The molecule has 1 aliphatic carbocycles. The van der Waals surface area contributed by atoms with Crippen molar-refractivity contribution >= 4 is 17.6 Å². The van der Waals surface area contributed by atoms with Gasteiger partial charge in [-0.3, -0.25) is 4.79 Å². The Hall–Kier alpha value is -1.91. The van der Waals surface area contributed by atoms with Crippen LogP contribution in [0.25, 0.3) is 0 Å². The molecule has 5 heteroatoms. The zero-order valence-corrected chi connectivity index (χ0v) is 11.0. The lowest BCUT2D eigenvalue weighted by molar-refractivity contribution is -0.120. The molecule has 1 saturated carbocycles. The van der Waals surface area contributed by atoms with Gasteiger partial charge in [0.25, 0.3) is 5.91 Å². The molecule has 0 bridgehead atoms. The zero-order chi connectivity index (χ0) is 13.9. The Balaban J connectivity index is 1.73. The first kappa shape index (κ1) is 11.9. The number of carbonyl (C=O) groups is 2. The Labute approximate surface area is 116 Å². The molecule has 4 rings (SSSR count). The average molecular weight is 274 g/mol. The third kappa shape index (κ3) is 1.40. The lowest BCUT2D eigenvalue weighted by Crippen LogP contribution is -2.35. The number of hydrogen-bond acceptors (Lipinski definition) is 2. The molecular formula is C15H15FN2O2. The summed E-state index contributed by atoms with van der Waals surface area (Å²) < 4.78 is 13.9.